The Balaban J connectivity index is 1.43. The van der Waals surface area contributed by atoms with Gasteiger partial charge in [-0.1, -0.05) is 30.3 Å². The van der Waals surface area contributed by atoms with Crippen LogP contribution in [0.3, 0.4) is 0 Å². The molecule has 1 N–H and O–H groups in total. The molecule has 1 aliphatic heterocycles. The molecule has 1 saturated carbocycles. The zero-order valence-corrected chi connectivity index (χ0v) is 20.1. The minimum absolute atomic E-state index is 0.0597. The van der Waals surface area contributed by atoms with E-state index in [1.54, 1.807) is 18.2 Å². The van der Waals surface area contributed by atoms with E-state index in [0.29, 0.717) is 17.2 Å². The fourth-order valence-electron chi connectivity index (χ4n) is 4.19. The van der Waals surface area contributed by atoms with Crippen molar-refractivity contribution in [3.63, 3.8) is 0 Å². The number of benzene rings is 3. The highest BCUT2D eigenvalue weighted by molar-refractivity contribution is 7.89. The highest BCUT2D eigenvalue weighted by Gasteiger charge is 2.51. The van der Waals surface area contributed by atoms with Gasteiger partial charge in [0.1, 0.15) is 0 Å². The normalized spacial score (nSPS) is 15.9. The molecular weight excluding hydrogens is 452 g/mol. The molecule has 1 heterocycles. The van der Waals surface area contributed by atoms with Gasteiger partial charge < -0.3 is 14.8 Å². The lowest BCUT2D eigenvalue weighted by molar-refractivity contribution is -0.118. The van der Waals surface area contributed by atoms with Gasteiger partial charge in [-0.05, 0) is 72.4 Å². The smallest absolute Gasteiger partial charge is 0.242 e. The summed E-state index contributed by atoms with van der Waals surface area (Å²) in [4.78, 5) is 13.6. The molecule has 1 amide bonds. The van der Waals surface area contributed by atoms with Gasteiger partial charge in [-0.15, -0.1) is 0 Å². The summed E-state index contributed by atoms with van der Waals surface area (Å²) in [5.74, 6) is 1.31. The monoisotopic (exact) mass is 478 g/mol. The molecule has 3 aromatic rings. The van der Waals surface area contributed by atoms with Crippen LogP contribution in [0.5, 0.6) is 11.5 Å². The second kappa shape index (κ2) is 8.14. The van der Waals surface area contributed by atoms with Crippen LogP contribution in [0.4, 0.5) is 5.69 Å². The van der Waals surface area contributed by atoms with Crippen molar-refractivity contribution in [2.75, 3.05) is 26.2 Å². The Bertz CT molecular complexity index is 1390. The van der Waals surface area contributed by atoms with Crippen LogP contribution >= 0.6 is 0 Å². The Morgan fingerprint density at radius 2 is 1.68 bits per heavy atom. The van der Waals surface area contributed by atoms with Gasteiger partial charge in [0.2, 0.25) is 22.7 Å². The van der Waals surface area contributed by atoms with Crippen molar-refractivity contribution in [2.24, 2.45) is 0 Å². The van der Waals surface area contributed by atoms with Crippen molar-refractivity contribution in [1.82, 2.24) is 4.31 Å². The van der Waals surface area contributed by atoms with E-state index in [4.69, 9.17) is 9.47 Å². The van der Waals surface area contributed by atoms with Gasteiger partial charge in [0.15, 0.2) is 11.5 Å². The van der Waals surface area contributed by atoms with Gasteiger partial charge in [-0.2, -0.15) is 0 Å². The van der Waals surface area contributed by atoms with Crippen molar-refractivity contribution in [3.05, 3.63) is 71.8 Å². The summed E-state index contributed by atoms with van der Waals surface area (Å²) < 4.78 is 37.2. The predicted octanol–water partition coefficient (Wildman–Crippen LogP) is 4.31. The summed E-state index contributed by atoms with van der Waals surface area (Å²) in [6.07, 6.45) is 1.53. The lowest BCUT2D eigenvalue weighted by Crippen LogP contribution is -2.28. The lowest BCUT2D eigenvalue weighted by atomic mass is 9.94. The Morgan fingerprint density at radius 3 is 2.41 bits per heavy atom. The average molecular weight is 479 g/mol. The van der Waals surface area contributed by atoms with E-state index in [2.05, 4.69) is 5.32 Å². The number of hydrogen-bond acceptors (Lipinski definition) is 5. The van der Waals surface area contributed by atoms with Gasteiger partial charge in [0.05, 0.1) is 10.3 Å². The van der Waals surface area contributed by atoms with Crippen LogP contribution in [0.25, 0.3) is 11.1 Å². The number of carbonyl (C=O) groups excluding carboxylic acids is 1. The summed E-state index contributed by atoms with van der Waals surface area (Å²) in [5.41, 5.74) is 3.55. The maximum Gasteiger partial charge on any atom is 0.242 e. The van der Waals surface area contributed by atoms with Gasteiger partial charge in [-0.25, -0.2) is 12.7 Å². The second-order valence-corrected chi connectivity index (χ2v) is 11.1. The second-order valence-electron chi connectivity index (χ2n) is 8.95. The number of nitrogens with one attached hydrogen (secondary N) is 1. The van der Waals surface area contributed by atoms with Crippen LogP contribution in [-0.4, -0.2) is 39.5 Å². The lowest BCUT2D eigenvalue weighted by Gasteiger charge is -2.18. The number of nitrogens with zero attached hydrogens (tertiary/aromatic N) is 1. The predicted molar refractivity (Wildman–Crippen MR) is 130 cm³/mol. The summed E-state index contributed by atoms with van der Waals surface area (Å²) in [6, 6.07) is 18.3. The van der Waals surface area contributed by atoms with Crippen molar-refractivity contribution in [2.45, 2.75) is 30.1 Å². The van der Waals surface area contributed by atoms with Crippen LogP contribution in [0.1, 0.15) is 24.0 Å². The van der Waals surface area contributed by atoms with E-state index in [1.807, 2.05) is 49.4 Å². The number of anilines is 1. The number of carbonyl (C=O) groups is 1. The third-order valence-corrected chi connectivity index (χ3v) is 8.35. The number of aryl methyl sites for hydroxylation is 1. The first kappa shape index (κ1) is 22.4. The topological polar surface area (TPSA) is 84.9 Å². The average Bonchev–Trinajstić information content (AvgIpc) is 3.51. The minimum atomic E-state index is -3.55. The maximum absolute atomic E-state index is 13.4. The molecule has 34 heavy (non-hydrogen) atoms. The quantitative estimate of drug-likeness (QED) is 0.571. The highest BCUT2D eigenvalue weighted by atomic mass is 32.2. The molecule has 0 aromatic heterocycles. The first-order valence-corrected chi connectivity index (χ1v) is 12.5. The third-order valence-electron chi connectivity index (χ3n) is 6.54. The van der Waals surface area contributed by atoms with Crippen LogP contribution in [-0.2, 0) is 20.2 Å². The molecule has 2 aliphatic rings. The Morgan fingerprint density at radius 1 is 0.941 bits per heavy atom. The first-order chi connectivity index (χ1) is 16.2. The van der Waals surface area contributed by atoms with E-state index in [9.17, 15) is 13.2 Å². The SMILES string of the molecule is Cc1ccc(-c2cccc(S(=O)(=O)N(C)C)c2)cc1NC(=O)C1(c2ccc3c(c2)OCO3)CC1. The van der Waals surface area contributed by atoms with Crippen molar-refractivity contribution < 1.29 is 22.7 Å². The molecule has 1 fully saturated rings. The number of hydrogen-bond donors (Lipinski definition) is 1. The molecular formula is C26H26N2O5S. The van der Waals surface area contributed by atoms with Crippen molar-refractivity contribution in [1.29, 1.82) is 0 Å². The van der Waals surface area contributed by atoms with Crippen molar-refractivity contribution in [3.8, 4) is 22.6 Å². The zero-order chi connectivity index (χ0) is 24.1. The number of ether oxygens (including phenoxy) is 2. The molecule has 7 nitrogen and oxygen atoms in total. The number of sulfonamides is 1. The Hall–Kier alpha value is -3.36. The van der Waals surface area contributed by atoms with Crippen LogP contribution in [0.15, 0.2) is 65.6 Å². The molecule has 1 aliphatic carbocycles. The highest BCUT2D eigenvalue weighted by Crippen LogP contribution is 2.51. The van der Waals surface area contributed by atoms with Crippen molar-refractivity contribution >= 4 is 21.6 Å². The van der Waals surface area contributed by atoms with Gasteiger partial charge in [-0.3, -0.25) is 4.79 Å². The molecule has 0 bridgehead atoms. The van der Waals surface area contributed by atoms with E-state index in [0.717, 1.165) is 35.1 Å². The minimum Gasteiger partial charge on any atom is -0.454 e. The van der Waals surface area contributed by atoms with Crippen LogP contribution in [0.2, 0.25) is 0 Å². The molecule has 0 atom stereocenters. The number of amides is 1. The number of fused-ring (bicyclic) bond motifs is 1. The number of rotatable bonds is 6. The third kappa shape index (κ3) is 3.82. The summed E-state index contributed by atoms with van der Waals surface area (Å²) >= 11 is 0. The Labute approximate surface area is 199 Å². The van der Waals surface area contributed by atoms with Crippen LogP contribution in [0, 0.1) is 6.92 Å². The molecule has 8 heteroatoms. The van der Waals surface area contributed by atoms with E-state index in [1.165, 1.54) is 18.4 Å². The largest absolute Gasteiger partial charge is 0.454 e. The molecule has 0 saturated heterocycles. The van der Waals surface area contributed by atoms with Gasteiger partial charge >= 0.3 is 0 Å². The van der Waals surface area contributed by atoms with E-state index in [-0.39, 0.29) is 17.6 Å². The first-order valence-electron chi connectivity index (χ1n) is 11.1. The maximum atomic E-state index is 13.4. The van der Waals surface area contributed by atoms with E-state index < -0.39 is 15.4 Å². The summed E-state index contributed by atoms with van der Waals surface area (Å²) in [7, 11) is -0.528. The molecule has 0 unspecified atom stereocenters. The molecule has 0 radical (unpaired) electrons. The summed E-state index contributed by atoms with van der Waals surface area (Å²) in [6.45, 7) is 2.13. The molecule has 3 aromatic carbocycles. The molecule has 5 rings (SSSR count). The van der Waals surface area contributed by atoms with E-state index >= 15 is 0 Å². The molecule has 0 spiro atoms. The van der Waals surface area contributed by atoms with Gasteiger partial charge in [0, 0.05) is 19.8 Å². The summed E-state index contributed by atoms with van der Waals surface area (Å²) in [5, 5.41) is 3.11. The zero-order valence-electron chi connectivity index (χ0n) is 19.3. The Kier molecular flexibility index (Phi) is 5.37. The fourth-order valence-corrected chi connectivity index (χ4v) is 5.14. The molecule has 176 valence electrons. The van der Waals surface area contributed by atoms with Crippen LogP contribution < -0.4 is 14.8 Å². The fraction of sp³-hybridized carbons (Fsp3) is 0.269. The standard InChI is InChI=1S/C26H26N2O5S/c1-17-7-8-19(18-5-4-6-21(13-18)34(30,31)28(2)3)14-22(17)27-25(29)26(11-12-26)20-9-10-23-24(15-20)33-16-32-23/h4-10,13-15H,11-12,16H2,1-3H3,(H,27,29). The van der Waals surface area contributed by atoms with Gasteiger partial charge in [0.25, 0.3) is 0 Å².